The fourth-order valence-electron chi connectivity index (χ4n) is 5.04. The standard InChI is InChI=1S/C29H40N6/c1-6-8-12-22(4)34(5)25(11-7-2)19-21(3)23-15-17-24(18-16-23)35-20-28(31-33-35)29-26-13-9-10-14-27(26)30-32-29/h9-10,13-18,20-22,25H,6-8,11-12,19H2,1-5H3,(H,30,32). The lowest BCUT2D eigenvalue weighted by Crippen LogP contribution is -2.39. The minimum Gasteiger partial charge on any atom is -0.301 e. The van der Waals surface area contributed by atoms with E-state index in [-0.39, 0.29) is 0 Å². The number of unbranched alkanes of at least 4 members (excludes halogenated alkanes) is 1. The monoisotopic (exact) mass is 472 g/mol. The average molecular weight is 473 g/mol. The lowest BCUT2D eigenvalue weighted by atomic mass is 9.90. The number of nitrogens with zero attached hydrogens (tertiary/aromatic N) is 5. The van der Waals surface area contributed by atoms with Crippen molar-refractivity contribution in [3.05, 3.63) is 60.3 Å². The van der Waals surface area contributed by atoms with E-state index in [4.69, 9.17) is 0 Å². The van der Waals surface area contributed by atoms with Gasteiger partial charge in [-0.3, -0.25) is 5.10 Å². The molecule has 2 aromatic carbocycles. The molecule has 2 heterocycles. The molecule has 0 aliphatic carbocycles. The first-order chi connectivity index (χ1) is 17.0. The number of benzene rings is 2. The third kappa shape index (κ3) is 5.81. The van der Waals surface area contributed by atoms with E-state index in [0.29, 0.717) is 18.0 Å². The quantitative estimate of drug-likeness (QED) is 0.241. The number of aromatic nitrogens is 5. The molecule has 0 saturated carbocycles. The highest BCUT2D eigenvalue weighted by Gasteiger charge is 2.22. The predicted octanol–water partition coefficient (Wildman–Crippen LogP) is 6.98. The van der Waals surface area contributed by atoms with Crippen molar-refractivity contribution in [2.45, 2.75) is 84.2 Å². The molecule has 4 aromatic rings. The Balaban J connectivity index is 1.44. The third-order valence-electron chi connectivity index (χ3n) is 7.43. The van der Waals surface area contributed by atoms with Gasteiger partial charge in [-0.25, -0.2) is 4.68 Å². The van der Waals surface area contributed by atoms with Crippen molar-refractivity contribution in [1.82, 2.24) is 30.1 Å². The Hall–Kier alpha value is -2.99. The summed E-state index contributed by atoms with van der Waals surface area (Å²) in [7, 11) is 2.32. The molecule has 0 radical (unpaired) electrons. The Kier molecular flexibility index (Phi) is 8.34. The first-order valence-electron chi connectivity index (χ1n) is 13.2. The van der Waals surface area contributed by atoms with Crippen LogP contribution >= 0.6 is 0 Å². The highest BCUT2D eigenvalue weighted by molar-refractivity contribution is 5.91. The summed E-state index contributed by atoms with van der Waals surface area (Å²) in [4.78, 5) is 2.62. The number of fused-ring (bicyclic) bond motifs is 1. The number of H-pyrrole nitrogens is 1. The van der Waals surface area contributed by atoms with E-state index in [9.17, 15) is 0 Å². The fourth-order valence-corrected chi connectivity index (χ4v) is 5.04. The van der Waals surface area contributed by atoms with Crippen molar-refractivity contribution in [2.75, 3.05) is 7.05 Å². The van der Waals surface area contributed by atoms with E-state index in [1.54, 1.807) is 0 Å². The molecule has 0 saturated heterocycles. The summed E-state index contributed by atoms with van der Waals surface area (Å²) in [6, 6.07) is 18.1. The van der Waals surface area contributed by atoms with Crippen molar-refractivity contribution < 1.29 is 0 Å². The van der Waals surface area contributed by atoms with Crippen LogP contribution in [0.2, 0.25) is 0 Å². The lowest BCUT2D eigenvalue weighted by molar-refractivity contribution is 0.151. The van der Waals surface area contributed by atoms with Crippen molar-refractivity contribution in [2.24, 2.45) is 0 Å². The van der Waals surface area contributed by atoms with Crippen LogP contribution in [0.15, 0.2) is 54.7 Å². The van der Waals surface area contributed by atoms with Crippen LogP contribution in [0, 0.1) is 0 Å². The number of hydrogen-bond donors (Lipinski definition) is 1. The van der Waals surface area contributed by atoms with Crippen LogP contribution in [0.3, 0.4) is 0 Å². The number of para-hydroxylation sites is 1. The molecule has 3 unspecified atom stereocenters. The van der Waals surface area contributed by atoms with Gasteiger partial charge in [0.1, 0.15) is 11.4 Å². The van der Waals surface area contributed by atoms with Crippen LogP contribution in [0.5, 0.6) is 0 Å². The normalized spacial score (nSPS) is 14.5. The summed E-state index contributed by atoms with van der Waals surface area (Å²) in [5.74, 6) is 0.503. The number of hydrogen-bond acceptors (Lipinski definition) is 4. The van der Waals surface area contributed by atoms with E-state index < -0.39 is 0 Å². The fraction of sp³-hybridized carbons (Fsp3) is 0.483. The van der Waals surface area contributed by atoms with Gasteiger partial charge in [0.2, 0.25) is 0 Å². The Morgan fingerprint density at radius 1 is 0.971 bits per heavy atom. The van der Waals surface area contributed by atoms with Gasteiger partial charge >= 0.3 is 0 Å². The largest absolute Gasteiger partial charge is 0.301 e. The van der Waals surface area contributed by atoms with E-state index in [1.165, 1.54) is 44.1 Å². The SMILES string of the molecule is CCCCC(C)N(C)C(CCC)CC(C)c1ccc(-n2cc(-c3n[nH]c4ccccc34)nn2)cc1. The second-order valence-electron chi connectivity index (χ2n) is 9.99. The maximum absolute atomic E-state index is 4.45. The van der Waals surface area contributed by atoms with Crippen LogP contribution in [-0.2, 0) is 0 Å². The molecule has 35 heavy (non-hydrogen) atoms. The van der Waals surface area contributed by atoms with Gasteiger partial charge < -0.3 is 4.90 Å². The summed E-state index contributed by atoms with van der Waals surface area (Å²) < 4.78 is 1.83. The molecule has 0 bridgehead atoms. The minimum atomic E-state index is 0.503. The van der Waals surface area contributed by atoms with Crippen LogP contribution in [0.1, 0.15) is 77.7 Å². The van der Waals surface area contributed by atoms with E-state index in [1.807, 2.05) is 29.1 Å². The highest BCUT2D eigenvalue weighted by Crippen LogP contribution is 2.28. The van der Waals surface area contributed by atoms with Crippen molar-refractivity contribution >= 4 is 10.9 Å². The molecule has 186 valence electrons. The molecule has 0 fully saturated rings. The summed E-state index contributed by atoms with van der Waals surface area (Å²) in [6.45, 7) is 9.32. The van der Waals surface area contributed by atoms with E-state index >= 15 is 0 Å². The Morgan fingerprint density at radius 2 is 1.74 bits per heavy atom. The van der Waals surface area contributed by atoms with Crippen molar-refractivity contribution in [3.63, 3.8) is 0 Å². The zero-order valence-electron chi connectivity index (χ0n) is 21.9. The molecule has 6 nitrogen and oxygen atoms in total. The maximum Gasteiger partial charge on any atom is 0.134 e. The molecular weight excluding hydrogens is 432 g/mol. The van der Waals surface area contributed by atoms with Crippen LogP contribution in [0.25, 0.3) is 28.0 Å². The second kappa shape index (κ2) is 11.6. The topological polar surface area (TPSA) is 62.6 Å². The summed E-state index contributed by atoms with van der Waals surface area (Å²) in [5.41, 5.74) is 4.99. The van der Waals surface area contributed by atoms with Gasteiger partial charge in [0.25, 0.3) is 0 Å². The molecule has 0 aliphatic rings. The third-order valence-corrected chi connectivity index (χ3v) is 7.43. The van der Waals surface area contributed by atoms with Gasteiger partial charge in [-0.15, -0.1) is 5.10 Å². The lowest BCUT2D eigenvalue weighted by Gasteiger charge is -2.35. The highest BCUT2D eigenvalue weighted by atomic mass is 15.4. The summed E-state index contributed by atoms with van der Waals surface area (Å²) in [6.07, 6.45) is 9.46. The van der Waals surface area contributed by atoms with E-state index in [0.717, 1.165) is 28.0 Å². The molecule has 3 atom stereocenters. The van der Waals surface area contributed by atoms with Crippen molar-refractivity contribution in [1.29, 1.82) is 0 Å². The first kappa shape index (κ1) is 25.1. The number of nitrogens with one attached hydrogen (secondary N) is 1. The maximum atomic E-state index is 4.45. The van der Waals surface area contributed by atoms with Gasteiger partial charge in [0.15, 0.2) is 0 Å². The van der Waals surface area contributed by atoms with Gasteiger partial charge in [-0.1, -0.05) is 75.6 Å². The molecule has 0 amide bonds. The van der Waals surface area contributed by atoms with Crippen molar-refractivity contribution in [3.8, 4) is 17.1 Å². The second-order valence-corrected chi connectivity index (χ2v) is 9.99. The predicted molar refractivity (Wildman–Crippen MR) is 145 cm³/mol. The van der Waals surface area contributed by atoms with Crippen LogP contribution < -0.4 is 0 Å². The van der Waals surface area contributed by atoms with Gasteiger partial charge in [-0.05, 0) is 62.9 Å². The minimum absolute atomic E-state index is 0.503. The zero-order valence-corrected chi connectivity index (χ0v) is 21.9. The van der Waals surface area contributed by atoms with Gasteiger partial charge in [0, 0.05) is 17.5 Å². The smallest absolute Gasteiger partial charge is 0.134 e. The molecular formula is C29H40N6. The molecule has 2 aromatic heterocycles. The molecule has 1 N–H and O–H groups in total. The Morgan fingerprint density at radius 3 is 2.49 bits per heavy atom. The molecule has 6 heteroatoms. The van der Waals surface area contributed by atoms with E-state index in [2.05, 4.69) is 90.5 Å². The van der Waals surface area contributed by atoms with Crippen LogP contribution in [0.4, 0.5) is 0 Å². The summed E-state index contributed by atoms with van der Waals surface area (Å²) in [5, 5.41) is 17.3. The Bertz CT molecular complexity index is 1190. The van der Waals surface area contributed by atoms with Gasteiger partial charge in [0.05, 0.1) is 17.4 Å². The summed E-state index contributed by atoms with van der Waals surface area (Å²) >= 11 is 0. The number of aromatic amines is 1. The zero-order chi connectivity index (χ0) is 24.8. The first-order valence-corrected chi connectivity index (χ1v) is 13.2. The Labute approximate surface area is 209 Å². The van der Waals surface area contributed by atoms with Gasteiger partial charge in [-0.2, -0.15) is 5.10 Å². The molecule has 0 aliphatic heterocycles. The number of rotatable bonds is 12. The molecule has 4 rings (SSSR count). The van der Waals surface area contributed by atoms with Crippen LogP contribution in [-0.4, -0.2) is 49.2 Å². The average Bonchev–Trinajstić information content (AvgIpc) is 3.54. The molecule has 0 spiro atoms.